The Balaban J connectivity index is 1.48. The van der Waals surface area contributed by atoms with Gasteiger partial charge in [0.1, 0.15) is 18.3 Å². The lowest BCUT2D eigenvalue weighted by molar-refractivity contribution is -0.0600. The molecule has 14 heteroatoms. The third-order valence-electron chi connectivity index (χ3n) is 5.51. The number of imidazole rings is 2. The lowest BCUT2D eigenvalue weighted by Gasteiger charge is -2.30. The molecule has 11 nitrogen and oxygen atoms in total. The van der Waals surface area contributed by atoms with Crippen LogP contribution in [-0.4, -0.2) is 58.8 Å². The van der Waals surface area contributed by atoms with Gasteiger partial charge < -0.3 is 24.2 Å². The Kier molecular flexibility index (Phi) is 4.69. The Hall–Kier alpha value is -1.96. The number of aromatic nitrogens is 5. The second-order valence-corrected chi connectivity index (χ2v) is 11.0. The van der Waals surface area contributed by atoms with Crippen LogP contribution in [0.15, 0.2) is 46.1 Å². The summed E-state index contributed by atoms with van der Waals surface area (Å²) in [7, 11) is 0. The average Bonchev–Trinajstić information content (AvgIpc) is 3.43. The van der Waals surface area contributed by atoms with Crippen LogP contribution >= 0.6 is 22.6 Å². The molecular formula is C18H15BrN5O6PS. The minimum atomic E-state index is -3.44. The van der Waals surface area contributed by atoms with Gasteiger partial charge in [-0.2, -0.15) is 4.98 Å². The molecular weight excluding hydrogens is 525 g/mol. The first-order chi connectivity index (χ1) is 15.3. The summed E-state index contributed by atoms with van der Waals surface area (Å²) < 4.78 is 19.6. The third-order valence-corrected chi connectivity index (χ3v) is 7.63. The molecule has 0 saturated carbocycles. The molecule has 5 heterocycles. The van der Waals surface area contributed by atoms with E-state index in [9.17, 15) is 14.8 Å². The lowest BCUT2D eigenvalue weighted by atomic mass is 10.1. The van der Waals surface area contributed by atoms with Crippen LogP contribution in [-0.2, 0) is 25.6 Å². The monoisotopic (exact) mass is 539 g/mol. The van der Waals surface area contributed by atoms with E-state index in [0.29, 0.717) is 5.78 Å². The van der Waals surface area contributed by atoms with E-state index in [1.54, 1.807) is 6.20 Å². The summed E-state index contributed by atoms with van der Waals surface area (Å²) in [6.07, 6.45) is -2.05. The summed E-state index contributed by atoms with van der Waals surface area (Å²) in [5.74, 6) is 0.311. The number of halogens is 1. The fourth-order valence-electron chi connectivity index (χ4n) is 4.04. The average molecular weight is 540 g/mol. The van der Waals surface area contributed by atoms with Gasteiger partial charge in [-0.1, -0.05) is 30.3 Å². The van der Waals surface area contributed by atoms with Crippen molar-refractivity contribution in [3.05, 3.63) is 51.6 Å². The summed E-state index contributed by atoms with van der Waals surface area (Å²) in [4.78, 5) is 35.2. The molecule has 2 saturated heterocycles. The van der Waals surface area contributed by atoms with Crippen LogP contribution in [0.2, 0.25) is 0 Å². The van der Waals surface area contributed by atoms with Gasteiger partial charge in [0.25, 0.3) is 5.56 Å². The molecule has 0 bridgehead atoms. The summed E-state index contributed by atoms with van der Waals surface area (Å²) in [5.41, 5.74) is 1.56. The molecule has 0 spiro atoms. The van der Waals surface area contributed by atoms with Gasteiger partial charge >= 0.3 is 6.72 Å². The maximum absolute atomic E-state index is 13.1. The SMILES string of the molecule is O=c1c2nc(Br)n([C@@H]3O[C@@H]4COP(O)(=S)O[C@H]4[C@H]3O)c2nc2[nH]c(-c3ccccc3)cn12. The Morgan fingerprint density at radius 2 is 2.06 bits per heavy atom. The number of ether oxygens (including phenoxy) is 1. The highest BCUT2D eigenvalue weighted by Gasteiger charge is 2.51. The van der Waals surface area contributed by atoms with Crippen molar-refractivity contribution in [3.8, 4) is 11.3 Å². The van der Waals surface area contributed by atoms with E-state index in [2.05, 4.69) is 30.9 Å². The van der Waals surface area contributed by atoms with Gasteiger partial charge in [-0.25, -0.2) is 9.38 Å². The number of nitrogens with one attached hydrogen (secondary N) is 1. The van der Waals surface area contributed by atoms with Crippen molar-refractivity contribution in [2.75, 3.05) is 6.61 Å². The minimum Gasteiger partial charge on any atom is -0.386 e. The topological polar surface area (TPSA) is 136 Å². The molecule has 3 aromatic heterocycles. The van der Waals surface area contributed by atoms with E-state index < -0.39 is 31.3 Å². The number of nitrogens with zero attached hydrogens (tertiary/aromatic N) is 4. The van der Waals surface area contributed by atoms with E-state index >= 15 is 0 Å². The van der Waals surface area contributed by atoms with E-state index in [1.807, 2.05) is 30.3 Å². The van der Waals surface area contributed by atoms with Crippen molar-refractivity contribution in [1.29, 1.82) is 0 Å². The molecule has 0 aliphatic carbocycles. The zero-order chi connectivity index (χ0) is 22.2. The molecule has 1 unspecified atom stereocenters. The van der Waals surface area contributed by atoms with Crippen LogP contribution in [0.25, 0.3) is 28.2 Å². The molecule has 2 aliphatic heterocycles. The zero-order valence-electron chi connectivity index (χ0n) is 16.0. The largest absolute Gasteiger partial charge is 0.386 e. The number of benzene rings is 1. The smallest absolute Gasteiger partial charge is 0.325 e. The molecule has 0 radical (unpaired) electrons. The van der Waals surface area contributed by atoms with Gasteiger partial charge in [-0.3, -0.25) is 13.9 Å². The van der Waals surface area contributed by atoms with E-state index in [1.165, 1.54) is 8.97 Å². The van der Waals surface area contributed by atoms with E-state index in [-0.39, 0.29) is 28.1 Å². The molecule has 5 atom stereocenters. The van der Waals surface area contributed by atoms with Gasteiger partial charge in [0.2, 0.25) is 5.78 Å². The summed E-state index contributed by atoms with van der Waals surface area (Å²) >= 11 is 8.24. The van der Waals surface area contributed by atoms with Crippen LogP contribution in [0.5, 0.6) is 0 Å². The predicted molar refractivity (Wildman–Crippen MR) is 119 cm³/mol. The van der Waals surface area contributed by atoms with Gasteiger partial charge in [0, 0.05) is 6.20 Å². The van der Waals surface area contributed by atoms with Crippen molar-refractivity contribution in [2.45, 2.75) is 24.5 Å². The molecule has 0 amide bonds. The Morgan fingerprint density at radius 1 is 1.28 bits per heavy atom. The second-order valence-electron chi connectivity index (χ2n) is 7.46. The Morgan fingerprint density at radius 3 is 2.84 bits per heavy atom. The van der Waals surface area contributed by atoms with Gasteiger partial charge in [-0.15, -0.1) is 0 Å². The number of aliphatic hydroxyl groups is 1. The number of hydrogen-bond acceptors (Lipinski definition) is 8. The molecule has 166 valence electrons. The van der Waals surface area contributed by atoms with Crippen molar-refractivity contribution in [2.24, 2.45) is 0 Å². The molecule has 6 rings (SSSR count). The first-order valence-corrected chi connectivity index (χ1v) is 12.9. The van der Waals surface area contributed by atoms with Gasteiger partial charge in [-0.05, 0) is 33.3 Å². The van der Waals surface area contributed by atoms with Crippen molar-refractivity contribution < 1.29 is 23.8 Å². The van der Waals surface area contributed by atoms with Crippen LogP contribution < -0.4 is 5.56 Å². The molecule has 32 heavy (non-hydrogen) atoms. The lowest BCUT2D eigenvalue weighted by Crippen LogP contribution is -2.39. The van der Waals surface area contributed by atoms with Gasteiger partial charge in [0.15, 0.2) is 22.1 Å². The molecule has 1 aromatic carbocycles. The second kappa shape index (κ2) is 7.27. The molecule has 2 aliphatic rings. The van der Waals surface area contributed by atoms with E-state index in [0.717, 1.165) is 11.3 Å². The van der Waals surface area contributed by atoms with Crippen LogP contribution in [0, 0.1) is 0 Å². The highest BCUT2D eigenvalue weighted by Crippen LogP contribution is 2.53. The normalized spacial score (nSPS) is 30.2. The van der Waals surface area contributed by atoms with Crippen molar-refractivity contribution >= 4 is 51.4 Å². The van der Waals surface area contributed by atoms with Crippen molar-refractivity contribution in [1.82, 2.24) is 23.9 Å². The highest BCUT2D eigenvalue weighted by atomic mass is 79.9. The predicted octanol–water partition coefficient (Wildman–Crippen LogP) is 1.69. The first-order valence-electron chi connectivity index (χ1n) is 9.56. The standard InChI is InChI=1S/C18H15BrN5O6PS/c19-17-21-11-14(24(17)16-12(25)13-10(29-16)7-28-31(27,32)30-13)22-18-20-9(6-23(18)15(11)26)8-4-2-1-3-5-8/h1-6,10,12-13,16,25H,7H2,(H,20,22)(H,27,32)/t10-,12-,13-,16-,31?/m1/s1. The number of aliphatic hydroxyl groups excluding tert-OH is 1. The fourth-order valence-corrected chi connectivity index (χ4v) is 6.03. The number of aromatic amines is 1. The maximum Gasteiger partial charge on any atom is 0.325 e. The zero-order valence-corrected chi connectivity index (χ0v) is 19.3. The molecule has 4 aromatic rings. The Labute approximate surface area is 193 Å². The molecule has 2 fully saturated rings. The number of fused-ring (bicyclic) bond motifs is 3. The van der Waals surface area contributed by atoms with Crippen molar-refractivity contribution in [3.63, 3.8) is 0 Å². The fraction of sp³-hybridized carbons (Fsp3) is 0.278. The summed E-state index contributed by atoms with van der Waals surface area (Å²) in [5, 5.41) is 10.9. The maximum atomic E-state index is 13.1. The van der Waals surface area contributed by atoms with Crippen LogP contribution in [0.1, 0.15) is 6.23 Å². The third kappa shape index (κ3) is 3.12. The first kappa shape index (κ1) is 20.6. The molecule has 3 N–H and O–H groups in total. The number of H-pyrrole nitrogens is 1. The van der Waals surface area contributed by atoms with E-state index in [4.69, 9.17) is 25.6 Å². The van der Waals surface area contributed by atoms with Crippen LogP contribution in [0.3, 0.4) is 0 Å². The summed E-state index contributed by atoms with van der Waals surface area (Å²) in [6, 6.07) is 9.54. The quantitative estimate of drug-likeness (QED) is 0.256. The van der Waals surface area contributed by atoms with Crippen LogP contribution in [0.4, 0.5) is 0 Å². The van der Waals surface area contributed by atoms with Gasteiger partial charge in [0.05, 0.1) is 12.3 Å². The summed E-state index contributed by atoms with van der Waals surface area (Å²) in [6.45, 7) is -3.46. The number of hydrogen-bond donors (Lipinski definition) is 3. The highest BCUT2D eigenvalue weighted by molar-refractivity contribution is 9.10. The minimum absolute atomic E-state index is 0.0202. The Bertz CT molecular complexity index is 1470. The number of rotatable bonds is 2.